The molecule has 18 heavy (non-hydrogen) atoms. The molecule has 1 aliphatic rings. The van der Waals surface area contributed by atoms with Crippen molar-refractivity contribution < 1.29 is 4.79 Å². The quantitative estimate of drug-likeness (QED) is 0.550. The summed E-state index contributed by atoms with van der Waals surface area (Å²) in [7, 11) is 0. The molecule has 1 aliphatic carbocycles. The van der Waals surface area contributed by atoms with Crippen molar-refractivity contribution in [1.29, 1.82) is 0 Å². The van der Waals surface area contributed by atoms with Crippen molar-refractivity contribution in [3.8, 4) is 0 Å². The third-order valence-electron chi connectivity index (χ3n) is 4.34. The van der Waals surface area contributed by atoms with E-state index in [2.05, 4.69) is 0 Å². The van der Waals surface area contributed by atoms with Gasteiger partial charge in [-0.2, -0.15) is 0 Å². The van der Waals surface area contributed by atoms with Crippen LogP contribution in [0, 0.1) is 5.92 Å². The second kappa shape index (κ2) is 11.7. The lowest BCUT2D eigenvalue weighted by Crippen LogP contribution is -2.02. The first-order chi connectivity index (χ1) is 8.93. The Morgan fingerprint density at radius 2 is 0.778 bits per heavy atom. The molecule has 0 atom stereocenters. The standard InChI is InChI=1S/C17H32O/c18-16-17-14-12-10-8-6-4-2-1-3-5-7-9-11-13-15-17/h16-17H,1-15H2. The Morgan fingerprint density at radius 3 is 1.06 bits per heavy atom. The van der Waals surface area contributed by atoms with E-state index in [1.807, 2.05) is 0 Å². The average molecular weight is 252 g/mol. The van der Waals surface area contributed by atoms with Crippen molar-refractivity contribution in [2.75, 3.05) is 0 Å². The van der Waals surface area contributed by atoms with Crippen LogP contribution >= 0.6 is 0 Å². The van der Waals surface area contributed by atoms with E-state index in [1.165, 1.54) is 89.8 Å². The highest BCUT2D eigenvalue weighted by Gasteiger charge is 2.06. The van der Waals surface area contributed by atoms with Gasteiger partial charge in [-0.05, 0) is 12.8 Å². The van der Waals surface area contributed by atoms with Crippen LogP contribution in [0.1, 0.15) is 96.3 Å². The lowest BCUT2D eigenvalue weighted by Gasteiger charge is -2.10. The molecule has 1 nitrogen and oxygen atoms in total. The summed E-state index contributed by atoms with van der Waals surface area (Å²) in [6.07, 6.45) is 21.5. The molecular formula is C17H32O. The van der Waals surface area contributed by atoms with Crippen molar-refractivity contribution in [1.82, 2.24) is 0 Å². The normalized spacial score (nSPS) is 23.6. The largest absolute Gasteiger partial charge is 0.303 e. The van der Waals surface area contributed by atoms with Crippen LogP contribution in [0.4, 0.5) is 0 Å². The van der Waals surface area contributed by atoms with E-state index >= 15 is 0 Å². The predicted octanol–water partition coefficient (Wildman–Crippen LogP) is 5.67. The van der Waals surface area contributed by atoms with Crippen molar-refractivity contribution in [3.63, 3.8) is 0 Å². The molecule has 0 unspecified atom stereocenters. The molecule has 1 fully saturated rings. The summed E-state index contributed by atoms with van der Waals surface area (Å²) in [6, 6.07) is 0. The minimum absolute atomic E-state index is 0.359. The molecule has 0 spiro atoms. The molecule has 1 rings (SSSR count). The highest BCUT2D eigenvalue weighted by molar-refractivity contribution is 5.53. The molecule has 0 saturated heterocycles. The van der Waals surface area contributed by atoms with E-state index in [9.17, 15) is 4.79 Å². The summed E-state index contributed by atoms with van der Waals surface area (Å²) < 4.78 is 0. The first-order valence-electron chi connectivity index (χ1n) is 8.39. The Kier molecular flexibility index (Phi) is 10.3. The lowest BCUT2D eigenvalue weighted by molar-refractivity contribution is -0.111. The molecule has 0 aromatic rings. The summed E-state index contributed by atoms with van der Waals surface area (Å²) in [5.74, 6) is 0.359. The predicted molar refractivity (Wildman–Crippen MR) is 78.8 cm³/mol. The van der Waals surface area contributed by atoms with Crippen LogP contribution in [0.3, 0.4) is 0 Å². The minimum atomic E-state index is 0.359. The van der Waals surface area contributed by atoms with Crippen LogP contribution in [0.5, 0.6) is 0 Å². The second-order valence-electron chi connectivity index (χ2n) is 6.07. The van der Waals surface area contributed by atoms with Crippen LogP contribution in [0.2, 0.25) is 0 Å². The number of hydrogen-bond acceptors (Lipinski definition) is 1. The van der Waals surface area contributed by atoms with Gasteiger partial charge in [-0.25, -0.2) is 0 Å². The van der Waals surface area contributed by atoms with E-state index in [4.69, 9.17) is 0 Å². The third-order valence-corrected chi connectivity index (χ3v) is 4.34. The molecule has 0 bridgehead atoms. The zero-order valence-electron chi connectivity index (χ0n) is 12.2. The summed E-state index contributed by atoms with van der Waals surface area (Å²) >= 11 is 0. The van der Waals surface area contributed by atoms with E-state index in [0.29, 0.717) is 5.92 Å². The van der Waals surface area contributed by atoms with E-state index in [-0.39, 0.29) is 0 Å². The Labute approximate surface area is 114 Å². The summed E-state index contributed by atoms with van der Waals surface area (Å²) in [6.45, 7) is 0. The van der Waals surface area contributed by atoms with Gasteiger partial charge in [0.15, 0.2) is 0 Å². The molecule has 1 saturated carbocycles. The van der Waals surface area contributed by atoms with Gasteiger partial charge in [0.1, 0.15) is 6.29 Å². The Balaban J connectivity index is 2.17. The van der Waals surface area contributed by atoms with Gasteiger partial charge in [0.05, 0.1) is 0 Å². The van der Waals surface area contributed by atoms with Crippen LogP contribution in [0.25, 0.3) is 0 Å². The Hall–Kier alpha value is -0.330. The van der Waals surface area contributed by atoms with Gasteiger partial charge in [0, 0.05) is 5.92 Å². The van der Waals surface area contributed by atoms with Crippen molar-refractivity contribution >= 4 is 6.29 Å². The molecule has 0 radical (unpaired) electrons. The number of rotatable bonds is 1. The molecule has 106 valence electrons. The number of carbonyl (C=O) groups is 1. The van der Waals surface area contributed by atoms with Gasteiger partial charge < -0.3 is 4.79 Å². The van der Waals surface area contributed by atoms with Crippen LogP contribution in [-0.4, -0.2) is 6.29 Å². The summed E-state index contributed by atoms with van der Waals surface area (Å²) in [5, 5.41) is 0. The fraction of sp³-hybridized carbons (Fsp3) is 0.941. The van der Waals surface area contributed by atoms with Gasteiger partial charge in [-0.3, -0.25) is 0 Å². The molecule has 0 amide bonds. The van der Waals surface area contributed by atoms with Crippen molar-refractivity contribution in [2.45, 2.75) is 96.3 Å². The molecular weight excluding hydrogens is 220 g/mol. The maximum atomic E-state index is 11.0. The second-order valence-corrected chi connectivity index (χ2v) is 6.07. The maximum Gasteiger partial charge on any atom is 0.123 e. The number of carbonyl (C=O) groups excluding carboxylic acids is 1. The van der Waals surface area contributed by atoms with Gasteiger partial charge in [0.2, 0.25) is 0 Å². The summed E-state index contributed by atoms with van der Waals surface area (Å²) in [5.41, 5.74) is 0. The maximum absolute atomic E-state index is 11.0. The molecule has 0 N–H and O–H groups in total. The van der Waals surface area contributed by atoms with Crippen LogP contribution in [-0.2, 0) is 4.79 Å². The Bertz CT molecular complexity index is 172. The van der Waals surface area contributed by atoms with Crippen LogP contribution in [0.15, 0.2) is 0 Å². The van der Waals surface area contributed by atoms with Crippen molar-refractivity contribution in [3.05, 3.63) is 0 Å². The smallest absolute Gasteiger partial charge is 0.123 e. The van der Waals surface area contributed by atoms with Gasteiger partial charge >= 0.3 is 0 Å². The van der Waals surface area contributed by atoms with Crippen LogP contribution < -0.4 is 0 Å². The monoisotopic (exact) mass is 252 g/mol. The highest BCUT2D eigenvalue weighted by Crippen LogP contribution is 2.19. The molecule has 0 aromatic carbocycles. The topological polar surface area (TPSA) is 17.1 Å². The molecule has 0 heterocycles. The van der Waals surface area contributed by atoms with Gasteiger partial charge in [-0.1, -0.05) is 83.5 Å². The first kappa shape index (κ1) is 15.7. The number of hydrogen-bond donors (Lipinski definition) is 0. The minimum Gasteiger partial charge on any atom is -0.303 e. The van der Waals surface area contributed by atoms with E-state index in [1.54, 1.807) is 0 Å². The fourth-order valence-corrected chi connectivity index (χ4v) is 3.04. The molecule has 1 heteroatoms. The van der Waals surface area contributed by atoms with Gasteiger partial charge in [-0.15, -0.1) is 0 Å². The average Bonchev–Trinajstić information content (AvgIpc) is 2.39. The first-order valence-corrected chi connectivity index (χ1v) is 8.39. The molecule has 0 aromatic heterocycles. The number of aldehydes is 1. The molecule has 0 aliphatic heterocycles. The zero-order valence-corrected chi connectivity index (χ0v) is 12.2. The summed E-state index contributed by atoms with van der Waals surface area (Å²) in [4.78, 5) is 11.0. The van der Waals surface area contributed by atoms with Crippen molar-refractivity contribution in [2.24, 2.45) is 5.92 Å². The van der Waals surface area contributed by atoms with E-state index in [0.717, 1.165) is 12.8 Å². The zero-order chi connectivity index (χ0) is 12.9. The third kappa shape index (κ3) is 8.72. The van der Waals surface area contributed by atoms with Gasteiger partial charge in [0.25, 0.3) is 0 Å². The fourth-order valence-electron chi connectivity index (χ4n) is 3.04. The highest BCUT2D eigenvalue weighted by atomic mass is 16.1. The SMILES string of the molecule is O=CC1CCCCCCCCCCCCCCC1. The lowest BCUT2D eigenvalue weighted by atomic mass is 9.95. The van der Waals surface area contributed by atoms with E-state index < -0.39 is 0 Å². The Morgan fingerprint density at radius 1 is 0.500 bits per heavy atom.